The fourth-order valence-electron chi connectivity index (χ4n) is 7.18. The van der Waals surface area contributed by atoms with E-state index < -0.39 is 11.6 Å². The van der Waals surface area contributed by atoms with Crippen LogP contribution in [0.2, 0.25) is 0 Å². The molecule has 37 heavy (non-hydrogen) atoms. The minimum atomic E-state index is -0.488. The van der Waals surface area contributed by atoms with Gasteiger partial charge in [-0.05, 0) is 87.0 Å². The van der Waals surface area contributed by atoms with Crippen molar-refractivity contribution in [2.75, 3.05) is 5.75 Å². The average molecular weight is 518 g/mol. The van der Waals surface area contributed by atoms with Crippen molar-refractivity contribution >= 4 is 34.6 Å². The highest BCUT2D eigenvalue weighted by Gasteiger charge is 2.51. The normalized spacial score (nSPS) is 25.8. The van der Waals surface area contributed by atoms with E-state index in [-0.39, 0.29) is 23.8 Å². The standard InChI is InChI=1S/C30H31NO5S/c1-18-6-7-23-22(12-28(33)36-25(23)8-18)16-35-29(34)24-4-2-3-5-26(24)37-17-27(32)31-30-13-19-9-20(14-30)11-21(10-19)15-30/h2-8,12,19-21H,9-11,13-17H2,1H3,(H,31,32). The molecule has 4 aliphatic carbocycles. The van der Waals surface area contributed by atoms with Gasteiger partial charge in [-0.2, -0.15) is 0 Å². The quantitative estimate of drug-likeness (QED) is 0.248. The van der Waals surface area contributed by atoms with Crippen LogP contribution in [-0.2, 0) is 16.1 Å². The van der Waals surface area contributed by atoms with E-state index in [4.69, 9.17) is 9.15 Å². The third kappa shape index (κ3) is 5.06. The van der Waals surface area contributed by atoms with E-state index in [1.54, 1.807) is 18.2 Å². The van der Waals surface area contributed by atoms with E-state index in [0.717, 1.165) is 48.0 Å². The van der Waals surface area contributed by atoms with Gasteiger partial charge in [-0.25, -0.2) is 9.59 Å². The first-order valence-electron chi connectivity index (χ1n) is 13.1. The number of benzene rings is 2. The van der Waals surface area contributed by atoms with Crippen LogP contribution < -0.4 is 10.9 Å². The third-order valence-corrected chi connectivity index (χ3v) is 9.33. The highest BCUT2D eigenvalue weighted by atomic mass is 32.2. The van der Waals surface area contributed by atoms with Crippen molar-refractivity contribution in [3.8, 4) is 0 Å². The number of ether oxygens (including phenoxy) is 1. The molecular weight excluding hydrogens is 486 g/mol. The molecule has 0 radical (unpaired) electrons. The van der Waals surface area contributed by atoms with E-state index >= 15 is 0 Å². The van der Waals surface area contributed by atoms with Crippen molar-refractivity contribution in [1.29, 1.82) is 0 Å². The van der Waals surface area contributed by atoms with Crippen LogP contribution in [0, 0.1) is 24.7 Å². The zero-order valence-corrected chi connectivity index (χ0v) is 21.8. The number of thioether (sulfide) groups is 1. The fraction of sp³-hybridized carbons (Fsp3) is 0.433. The van der Waals surface area contributed by atoms with Gasteiger partial charge in [0.05, 0.1) is 11.3 Å². The van der Waals surface area contributed by atoms with Crippen LogP contribution >= 0.6 is 11.8 Å². The molecule has 4 bridgehead atoms. The van der Waals surface area contributed by atoms with Crippen LogP contribution in [-0.4, -0.2) is 23.2 Å². The van der Waals surface area contributed by atoms with E-state index in [9.17, 15) is 14.4 Å². The number of amides is 1. The van der Waals surface area contributed by atoms with Crippen LogP contribution in [0.3, 0.4) is 0 Å². The maximum absolute atomic E-state index is 13.0. The Labute approximate surface area is 220 Å². The summed E-state index contributed by atoms with van der Waals surface area (Å²) in [5, 5.41) is 4.14. The number of hydrogen-bond acceptors (Lipinski definition) is 6. The molecular formula is C30H31NO5S. The van der Waals surface area contributed by atoms with Crippen LogP contribution in [0.4, 0.5) is 0 Å². The predicted molar refractivity (Wildman–Crippen MR) is 143 cm³/mol. The van der Waals surface area contributed by atoms with Gasteiger partial charge in [0.2, 0.25) is 5.91 Å². The van der Waals surface area contributed by atoms with Crippen LogP contribution in [0.25, 0.3) is 11.0 Å². The minimum absolute atomic E-state index is 0.0193. The molecule has 2 aromatic carbocycles. The average Bonchev–Trinajstić information content (AvgIpc) is 2.84. The summed E-state index contributed by atoms with van der Waals surface area (Å²) >= 11 is 1.36. The summed E-state index contributed by atoms with van der Waals surface area (Å²) in [6, 6.07) is 14.1. The van der Waals surface area contributed by atoms with Crippen molar-refractivity contribution in [3.63, 3.8) is 0 Å². The lowest BCUT2D eigenvalue weighted by molar-refractivity contribution is -0.124. The first-order chi connectivity index (χ1) is 17.9. The molecule has 3 aromatic rings. The number of esters is 1. The Morgan fingerprint density at radius 2 is 1.73 bits per heavy atom. The molecule has 4 fully saturated rings. The molecule has 0 spiro atoms. The summed E-state index contributed by atoms with van der Waals surface area (Å²) in [4.78, 5) is 38.7. The number of carbonyl (C=O) groups is 2. The summed E-state index contributed by atoms with van der Waals surface area (Å²) < 4.78 is 10.9. The van der Waals surface area contributed by atoms with Crippen LogP contribution in [0.5, 0.6) is 0 Å². The first-order valence-corrected chi connectivity index (χ1v) is 14.1. The number of hydrogen-bond donors (Lipinski definition) is 1. The Kier molecular flexibility index (Phi) is 6.35. The monoisotopic (exact) mass is 517 g/mol. The van der Waals surface area contributed by atoms with Gasteiger partial charge in [-0.3, -0.25) is 4.79 Å². The zero-order valence-electron chi connectivity index (χ0n) is 21.0. The first kappa shape index (κ1) is 24.3. The molecule has 0 saturated heterocycles. The molecule has 6 nitrogen and oxygen atoms in total. The molecule has 0 atom stereocenters. The second-order valence-electron chi connectivity index (χ2n) is 11.2. The second kappa shape index (κ2) is 9.67. The van der Waals surface area contributed by atoms with Crippen molar-refractivity contribution < 1.29 is 18.7 Å². The van der Waals surface area contributed by atoms with E-state index in [1.165, 1.54) is 37.1 Å². The summed E-state index contributed by atoms with van der Waals surface area (Å²) in [6.45, 7) is 1.87. The number of fused-ring (bicyclic) bond motifs is 1. The number of carbonyl (C=O) groups excluding carboxylic acids is 2. The van der Waals surface area contributed by atoms with Gasteiger partial charge in [-0.15, -0.1) is 11.8 Å². The highest BCUT2D eigenvalue weighted by Crippen LogP contribution is 2.55. The molecule has 4 saturated carbocycles. The van der Waals surface area contributed by atoms with Gasteiger partial charge in [0.25, 0.3) is 0 Å². The van der Waals surface area contributed by atoms with Crippen molar-refractivity contribution in [2.45, 2.75) is 62.5 Å². The van der Waals surface area contributed by atoms with Gasteiger partial charge in [0.1, 0.15) is 12.2 Å². The molecule has 7 heteroatoms. The van der Waals surface area contributed by atoms with E-state index in [0.29, 0.717) is 21.6 Å². The number of aryl methyl sites for hydroxylation is 1. The fourth-order valence-corrected chi connectivity index (χ4v) is 8.02. The Morgan fingerprint density at radius 1 is 1.03 bits per heavy atom. The molecule has 4 aliphatic rings. The van der Waals surface area contributed by atoms with Crippen LogP contribution in [0.15, 0.2) is 62.6 Å². The second-order valence-corrected chi connectivity index (χ2v) is 12.2. The Balaban J connectivity index is 1.10. The van der Waals surface area contributed by atoms with Crippen LogP contribution in [0.1, 0.15) is 60.0 Å². The molecule has 1 amide bonds. The van der Waals surface area contributed by atoms with Crippen molar-refractivity contribution in [3.05, 3.63) is 75.6 Å². The topological polar surface area (TPSA) is 85.6 Å². The van der Waals surface area contributed by atoms with Gasteiger partial charge in [0, 0.05) is 27.5 Å². The van der Waals surface area contributed by atoms with E-state index in [2.05, 4.69) is 5.32 Å². The summed E-state index contributed by atoms with van der Waals surface area (Å²) in [6.07, 6.45) is 7.35. The van der Waals surface area contributed by atoms with E-state index in [1.807, 2.05) is 31.2 Å². The van der Waals surface area contributed by atoms with Gasteiger partial charge < -0.3 is 14.5 Å². The molecule has 0 unspecified atom stereocenters. The predicted octanol–water partition coefficient (Wildman–Crippen LogP) is 5.64. The Hall–Kier alpha value is -3.06. The number of rotatable bonds is 7. The molecule has 7 rings (SSSR count). The lowest BCUT2D eigenvalue weighted by Crippen LogP contribution is -2.60. The lowest BCUT2D eigenvalue weighted by Gasteiger charge is -2.56. The maximum Gasteiger partial charge on any atom is 0.339 e. The van der Waals surface area contributed by atoms with Crippen molar-refractivity contribution in [2.24, 2.45) is 17.8 Å². The molecule has 1 aromatic heterocycles. The Morgan fingerprint density at radius 3 is 2.46 bits per heavy atom. The highest BCUT2D eigenvalue weighted by molar-refractivity contribution is 8.00. The smallest absolute Gasteiger partial charge is 0.339 e. The largest absolute Gasteiger partial charge is 0.457 e. The third-order valence-electron chi connectivity index (χ3n) is 8.25. The Bertz CT molecular complexity index is 1390. The van der Waals surface area contributed by atoms with Gasteiger partial charge in [0.15, 0.2) is 0 Å². The van der Waals surface area contributed by atoms with Gasteiger partial charge >= 0.3 is 11.6 Å². The maximum atomic E-state index is 13.0. The molecule has 1 heterocycles. The van der Waals surface area contributed by atoms with Crippen molar-refractivity contribution in [1.82, 2.24) is 5.32 Å². The lowest BCUT2D eigenvalue weighted by atomic mass is 9.53. The summed E-state index contributed by atoms with van der Waals surface area (Å²) in [5.41, 5.74) is 1.96. The van der Waals surface area contributed by atoms with Gasteiger partial charge in [-0.1, -0.05) is 24.3 Å². The number of nitrogens with one attached hydrogen (secondary N) is 1. The minimum Gasteiger partial charge on any atom is -0.457 e. The zero-order chi connectivity index (χ0) is 25.6. The molecule has 1 N–H and O–H groups in total. The molecule has 192 valence electrons. The summed E-state index contributed by atoms with van der Waals surface area (Å²) in [5.74, 6) is 2.12. The summed E-state index contributed by atoms with van der Waals surface area (Å²) in [7, 11) is 0. The molecule has 0 aliphatic heterocycles. The SMILES string of the molecule is Cc1ccc2c(COC(=O)c3ccccc3SCC(=O)NC34CC5CC(CC(C5)C3)C4)cc(=O)oc2c1.